The second-order valence-electron chi connectivity index (χ2n) is 6.53. The zero-order chi connectivity index (χ0) is 18.1. The number of para-hydroxylation sites is 1. The summed E-state index contributed by atoms with van der Waals surface area (Å²) >= 11 is 0. The first kappa shape index (κ1) is 15.8. The van der Waals surface area contributed by atoms with E-state index in [4.69, 9.17) is 9.40 Å². The van der Waals surface area contributed by atoms with Crippen molar-refractivity contribution in [1.82, 2.24) is 15.0 Å². The minimum absolute atomic E-state index is 0.626. The Morgan fingerprint density at radius 1 is 0.778 bits per heavy atom. The van der Waals surface area contributed by atoms with Crippen LogP contribution in [0.25, 0.3) is 22.5 Å². The largest absolute Gasteiger partial charge is 0.461 e. The molecule has 1 aliphatic heterocycles. The molecule has 0 spiro atoms. The van der Waals surface area contributed by atoms with E-state index in [1.807, 2.05) is 48.7 Å². The summed E-state index contributed by atoms with van der Waals surface area (Å²) in [5.41, 5.74) is 0.932. The van der Waals surface area contributed by atoms with Crippen LogP contribution in [0.4, 0.5) is 11.6 Å². The number of rotatable bonds is 3. The van der Waals surface area contributed by atoms with Crippen LogP contribution >= 0.6 is 0 Å². The molecule has 1 aliphatic rings. The van der Waals surface area contributed by atoms with Crippen LogP contribution in [0.15, 0.2) is 71.5 Å². The second kappa shape index (κ2) is 6.72. The first-order valence-electron chi connectivity index (χ1n) is 9.10. The van der Waals surface area contributed by atoms with E-state index >= 15 is 0 Å². The topological polar surface area (TPSA) is 58.3 Å². The van der Waals surface area contributed by atoms with E-state index < -0.39 is 0 Å². The molecule has 1 fully saturated rings. The van der Waals surface area contributed by atoms with E-state index in [1.165, 1.54) is 0 Å². The first-order valence-corrected chi connectivity index (χ1v) is 9.10. The smallest absolute Gasteiger partial charge is 0.198 e. The number of benzene rings is 1. The molecular formula is C21H19N5O. The molecule has 27 heavy (non-hydrogen) atoms. The number of anilines is 2. The van der Waals surface area contributed by atoms with Gasteiger partial charge in [0.1, 0.15) is 11.6 Å². The van der Waals surface area contributed by atoms with E-state index in [-0.39, 0.29) is 0 Å². The molecule has 0 N–H and O–H groups in total. The lowest BCUT2D eigenvalue weighted by Crippen LogP contribution is -2.47. The lowest BCUT2D eigenvalue weighted by molar-refractivity contribution is 0.577. The van der Waals surface area contributed by atoms with Crippen molar-refractivity contribution in [3.63, 3.8) is 0 Å². The summed E-state index contributed by atoms with van der Waals surface area (Å²) in [6, 6.07) is 17.9. The van der Waals surface area contributed by atoms with Gasteiger partial charge in [0, 0.05) is 37.8 Å². The Bertz CT molecular complexity index is 1040. The number of fused-ring (bicyclic) bond motifs is 1. The summed E-state index contributed by atoms with van der Waals surface area (Å²) in [6.45, 7) is 3.58. The number of nitrogens with zero attached hydrogens (tertiary/aromatic N) is 5. The zero-order valence-corrected chi connectivity index (χ0v) is 14.8. The maximum Gasteiger partial charge on any atom is 0.198 e. The van der Waals surface area contributed by atoms with Gasteiger partial charge >= 0.3 is 0 Å². The third kappa shape index (κ3) is 2.99. The minimum Gasteiger partial charge on any atom is -0.461 e. The van der Waals surface area contributed by atoms with Gasteiger partial charge in [0.15, 0.2) is 11.6 Å². The average molecular weight is 357 g/mol. The van der Waals surface area contributed by atoms with Gasteiger partial charge in [-0.15, -0.1) is 0 Å². The quantitative estimate of drug-likeness (QED) is 0.558. The number of hydrogen-bond donors (Lipinski definition) is 0. The highest BCUT2D eigenvalue weighted by molar-refractivity contribution is 5.91. The van der Waals surface area contributed by atoms with Gasteiger partial charge < -0.3 is 14.2 Å². The van der Waals surface area contributed by atoms with Crippen LogP contribution in [0.3, 0.4) is 0 Å². The Balaban J connectivity index is 1.48. The summed E-state index contributed by atoms with van der Waals surface area (Å²) in [6.07, 6.45) is 3.49. The van der Waals surface area contributed by atoms with Crippen molar-refractivity contribution in [2.45, 2.75) is 0 Å². The van der Waals surface area contributed by atoms with Gasteiger partial charge in [-0.1, -0.05) is 18.2 Å². The van der Waals surface area contributed by atoms with Gasteiger partial charge in [-0.25, -0.2) is 15.0 Å². The van der Waals surface area contributed by atoms with Crippen LogP contribution in [0.5, 0.6) is 0 Å². The van der Waals surface area contributed by atoms with E-state index in [1.54, 1.807) is 6.26 Å². The Morgan fingerprint density at radius 2 is 1.59 bits per heavy atom. The van der Waals surface area contributed by atoms with Crippen molar-refractivity contribution >= 4 is 22.5 Å². The zero-order valence-electron chi connectivity index (χ0n) is 14.8. The molecule has 6 heteroatoms. The number of hydrogen-bond acceptors (Lipinski definition) is 6. The van der Waals surface area contributed by atoms with Gasteiger partial charge in [0.2, 0.25) is 0 Å². The van der Waals surface area contributed by atoms with Crippen LogP contribution < -0.4 is 9.80 Å². The molecule has 0 radical (unpaired) electrons. The molecule has 0 amide bonds. The van der Waals surface area contributed by atoms with Gasteiger partial charge in [0.25, 0.3) is 0 Å². The summed E-state index contributed by atoms with van der Waals surface area (Å²) in [5.74, 6) is 3.31. The van der Waals surface area contributed by atoms with Gasteiger partial charge in [0.05, 0.1) is 11.8 Å². The third-order valence-electron chi connectivity index (χ3n) is 4.88. The van der Waals surface area contributed by atoms with E-state index in [0.717, 1.165) is 48.7 Å². The van der Waals surface area contributed by atoms with Crippen molar-refractivity contribution in [2.24, 2.45) is 0 Å². The first-order chi connectivity index (χ1) is 13.4. The maximum absolute atomic E-state index is 5.53. The molecule has 4 aromatic rings. The normalized spacial score (nSPS) is 14.7. The Morgan fingerprint density at radius 3 is 2.37 bits per heavy atom. The summed E-state index contributed by atoms with van der Waals surface area (Å²) < 4.78 is 5.53. The number of pyridine rings is 1. The summed E-state index contributed by atoms with van der Waals surface area (Å²) in [4.78, 5) is 18.6. The van der Waals surface area contributed by atoms with Crippen molar-refractivity contribution in [2.75, 3.05) is 36.0 Å². The maximum atomic E-state index is 5.53. The SMILES string of the molecule is c1ccc(N2CCN(c3nc(-c4ccco4)nc4ccccc34)CC2)nc1. The third-order valence-corrected chi connectivity index (χ3v) is 4.88. The van der Waals surface area contributed by atoms with Crippen molar-refractivity contribution in [3.05, 3.63) is 67.1 Å². The molecule has 4 heterocycles. The van der Waals surface area contributed by atoms with E-state index in [0.29, 0.717) is 11.6 Å². The van der Waals surface area contributed by atoms with Gasteiger partial charge in [-0.2, -0.15) is 0 Å². The highest BCUT2D eigenvalue weighted by atomic mass is 16.3. The second-order valence-corrected chi connectivity index (χ2v) is 6.53. The molecule has 0 atom stereocenters. The molecule has 1 aromatic carbocycles. The van der Waals surface area contributed by atoms with Crippen molar-refractivity contribution in [3.8, 4) is 11.6 Å². The standard InChI is InChI=1S/C21H19N5O/c1-2-7-17-16(6-1)21(24-20(23-17)18-8-5-15-27-18)26-13-11-25(12-14-26)19-9-3-4-10-22-19/h1-10,15H,11-14H2. The molecule has 0 unspecified atom stereocenters. The fourth-order valence-electron chi connectivity index (χ4n) is 3.51. The van der Waals surface area contributed by atoms with Crippen molar-refractivity contribution < 1.29 is 4.42 Å². The monoisotopic (exact) mass is 357 g/mol. The van der Waals surface area contributed by atoms with Crippen LogP contribution in [0.2, 0.25) is 0 Å². The van der Waals surface area contributed by atoms with Crippen LogP contribution in [-0.4, -0.2) is 41.1 Å². The minimum atomic E-state index is 0.626. The van der Waals surface area contributed by atoms with E-state index in [2.05, 4.69) is 31.9 Å². The predicted molar refractivity (Wildman–Crippen MR) is 106 cm³/mol. The number of piperazine rings is 1. The molecular weight excluding hydrogens is 338 g/mol. The Kier molecular flexibility index (Phi) is 3.93. The predicted octanol–water partition coefficient (Wildman–Crippen LogP) is 3.61. The Labute approximate surface area is 157 Å². The van der Waals surface area contributed by atoms with Crippen LogP contribution in [0, 0.1) is 0 Å². The van der Waals surface area contributed by atoms with Gasteiger partial charge in [-0.3, -0.25) is 0 Å². The molecule has 1 saturated heterocycles. The molecule has 5 rings (SSSR count). The van der Waals surface area contributed by atoms with Crippen molar-refractivity contribution in [1.29, 1.82) is 0 Å². The molecule has 3 aromatic heterocycles. The lowest BCUT2D eigenvalue weighted by Gasteiger charge is -2.36. The molecule has 6 nitrogen and oxygen atoms in total. The molecule has 0 saturated carbocycles. The van der Waals surface area contributed by atoms with Crippen LogP contribution in [-0.2, 0) is 0 Å². The lowest BCUT2D eigenvalue weighted by atomic mass is 10.2. The number of aromatic nitrogens is 3. The summed E-state index contributed by atoms with van der Waals surface area (Å²) in [5, 5.41) is 1.07. The highest BCUT2D eigenvalue weighted by Gasteiger charge is 2.22. The molecule has 134 valence electrons. The fraction of sp³-hybridized carbons (Fsp3) is 0.190. The number of furan rings is 1. The molecule has 0 bridgehead atoms. The average Bonchev–Trinajstić information content (AvgIpc) is 3.29. The van der Waals surface area contributed by atoms with Gasteiger partial charge in [-0.05, 0) is 36.4 Å². The van der Waals surface area contributed by atoms with E-state index in [9.17, 15) is 0 Å². The fourth-order valence-corrected chi connectivity index (χ4v) is 3.51. The molecule has 0 aliphatic carbocycles. The highest BCUT2D eigenvalue weighted by Crippen LogP contribution is 2.28. The summed E-state index contributed by atoms with van der Waals surface area (Å²) in [7, 11) is 0. The Hall–Kier alpha value is -3.41. The van der Waals surface area contributed by atoms with Crippen LogP contribution in [0.1, 0.15) is 0 Å².